The first-order valence-corrected chi connectivity index (χ1v) is 11.7. The molecule has 2 aliphatic rings. The summed E-state index contributed by atoms with van der Waals surface area (Å²) < 4.78 is 33.8. The van der Waals surface area contributed by atoms with Crippen LogP contribution in [0.1, 0.15) is 102 Å². The molecule has 0 bridgehead atoms. The molecule has 1 aromatic rings. The Hall–Kier alpha value is -1.12. The molecular weight excluding hydrogens is 354 g/mol. The second-order valence-corrected chi connectivity index (χ2v) is 9.18. The maximum Gasteiger partial charge on any atom is 0.200 e. The van der Waals surface area contributed by atoms with Gasteiger partial charge in [-0.15, -0.1) is 0 Å². The van der Waals surface area contributed by atoms with Gasteiger partial charge in [-0.2, -0.15) is 4.39 Å². The Balaban J connectivity index is 1.43. The number of ether oxygens (including phenoxy) is 1. The lowest BCUT2D eigenvalue weighted by molar-refractivity contribution is 0.223. The number of hydrogen-bond donors (Lipinski definition) is 0. The summed E-state index contributed by atoms with van der Waals surface area (Å²) >= 11 is 0. The Kier molecular flexibility index (Phi) is 8.17. The van der Waals surface area contributed by atoms with Crippen molar-refractivity contribution < 1.29 is 13.5 Å². The van der Waals surface area contributed by atoms with Gasteiger partial charge in [0.25, 0.3) is 0 Å². The van der Waals surface area contributed by atoms with E-state index in [2.05, 4.69) is 6.92 Å². The van der Waals surface area contributed by atoms with Gasteiger partial charge in [-0.1, -0.05) is 64.4 Å². The highest BCUT2D eigenvalue weighted by molar-refractivity contribution is 5.33. The second-order valence-electron chi connectivity index (χ2n) is 9.18. The van der Waals surface area contributed by atoms with Gasteiger partial charge in [-0.25, -0.2) is 4.39 Å². The summed E-state index contributed by atoms with van der Waals surface area (Å²) in [5, 5.41) is 0. The minimum Gasteiger partial charge on any atom is -0.491 e. The molecule has 1 nitrogen and oxygen atoms in total. The van der Waals surface area contributed by atoms with E-state index in [0.717, 1.165) is 43.4 Å². The molecular formula is C25H38F2O. The third-order valence-corrected chi connectivity index (χ3v) is 7.31. The molecule has 0 unspecified atom stereocenters. The van der Waals surface area contributed by atoms with Crippen molar-refractivity contribution in [1.29, 1.82) is 0 Å². The van der Waals surface area contributed by atoms with Crippen molar-refractivity contribution in [2.24, 2.45) is 17.8 Å². The normalized spacial score (nSPS) is 28.3. The van der Waals surface area contributed by atoms with Crippen LogP contribution in [0.5, 0.6) is 5.75 Å². The fourth-order valence-corrected chi connectivity index (χ4v) is 5.58. The number of hydrogen-bond acceptors (Lipinski definition) is 1. The summed E-state index contributed by atoms with van der Waals surface area (Å²) in [4.78, 5) is 0. The Morgan fingerprint density at radius 1 is 0.750 bits per heavy atom. The molecule has 28 heavy (non-hydrogen) atoms. The fraction of sp³-hybridized carbons (Fsp3) is 0.760. The lowest BCUT2D eigenvalue weighted by Gasteiger charge is -2.32. The van der Waals surface area contributed by atoms with Crippen LogP contribution < -0.4 is 4.74 Å². The molecule has 2 saturated carbocycles. The van der Waals surface area contributed by atoms with Crippen molar-refractivity contribution in [3.05, 3.63) is 29.3 Å². The molecule has 0 amide bonds. The highest BCUT2D eigenvalue weighted by Gasteiger charge is 2.28. The molecule has 0 heterocycles. The Labute approximate surface area is 170 Å². The van der Waals surface area contributed by atoms with Crippen LogP contribution >= 0.6 is 0 Å². The predicted octanol–water partition coefficient (Wildman–Crippen LogP) is 8.02. The molecule has 2 aliphatic carbocycles. The largest absolute Gasteiger partial charge is 0.491 e. The summed E-state index contributed by atoms with van der Waals surface area (Å²) in [6.45, 7) is 4.43. The minimum absolute atomic E-state index is 0.0334. The monoisotopic (exact) mass is 392 g/mol. The molecule has 0 atom stereocenters. The van der Waals surface area contributed by atoms with Gasteiger partial charge in [0.1, 0.15) is 0 Å². The molecule has 0 radical (unpaired) electrons. The maximum atomic E-state index is 14.5. The van der Waals surface area contributed by atoms with E-state index in [0.29, 0.717) is 12.2 Å². The van der Waals surface area contributed by atoms with Crippen LogP contribution in [0.2, 0.25) is 0 Å². The topological polar surface area (TPSA) is 9.23 Å². The van der Waals surface area contributed by atoms with E-state index in [9.17, 15) is 8.78 Å². The van der Waals surface area contributed by atoms with Gasteiger partial charge >= 0.3 is 0 Å². The van der Waals surface area contributed by atoms with Crippen molar-refractivity contribution in [3.8, 4) is 5.75 Å². The van der Waals surface area contributed by atoms with Gasteiger partial charge in [0.05, 0.1) is 6.61 Å². The molecule has 0 N–H and O–H groups in total. The first-order chi connectivity index (χ1) is 13.6. The highest BCUT2D eigenvalue weighted by atomic mass is 19.2. The van der Waals surface area contributed by atoms with Crippen molar-refractivity contribution in [2.75, 3.05) is 6.61 Å². The van der Waals surface area contributed by atoms with Crippen LogP contribution in [-0.2, 0) is 0 Å². The van der Waals surface area contributed by atoms with E-state index in [-0.39, 0.29) is 11.7 Å². The van der Waals surface area contributed by atoms with Gasteiger partial charge in [0, 0.05) is 0 Å². The van der Waals surface area contributed by atoms with Crippen molar-refractivity contribution >= 4 is 0 Å². The molecule has 1 aromatic carbocycles. The van der Waals surface area contributed by atoms with Gasteiger partial charge in [-0.05, 0) is 67.9 Å². The van der Waals surface area contributed by atoms with E-state index >= 15 is 0 Å². The first-order valence-electron chi connectivity index (χ1n) is 11.7. The van der Waals surface area contributed by atoms with Gasteiger partial charge < -0.3 is 4.74 Å². The Bertz CT molecular complexity index is 599. The van der Waals surface area contributed by atoms with E-state index in [1.807, 2.05) is 0 Å². The smallest absolute Gasteiger partial charge is 0.200 e. The molecule has 0 aliphatic heterocycles. The van der Waals surface area contributed by atoms with E-state index in [4.69, 9.17) is 4.74 Å². The Morgan fingerprint density at radius 3 is 1.82 bits per heavy atom. The number of benzene rings is 1. The zero-order valence-electron chi connectivity index (χ0n) is 17.8. The third kappa shape index (κ3) is 5.48. The molecule has 3 rings (SSSR count). The van der Waals surface area contributed by atoms with E-state index in [1.165, 1.54) is 51.4 Å². The van der Waals surface area contributed by atoms with Crippen molar-refractivity contribution in [3.63, 3.8) is 0 Å². The number of rotatable bonds is 8. The highest BCUT2D eigenvalue weighted by Crippen LogP contribution is 2.41. The third-order valence-electron chi connectivity index (χ3n) is 7.31. The zero-order chi connectivity index (χ0) is 19.9. The average molecular weight is 393 g/mol. The van der Waals surface area contributed by atoms with Gasteiger partial charge in [0.2, 0.25) is 5.82 Å². The summed E-state index contributed by atoms with van der Waals surface area (Å²) in [5.41, 5.74) is 0.550. The van der Waals surface area contributed by atoms with Crippen LogP contribution in [0, 0.1) is 29.4 Å². The average Bonchev–Trinajstić information content (AvgIpc) is 2.72. The van der Waals surface area contributed by atoms with Crippen molar-refractivity contribution in [1.82, 2.24) is 0 Å². The molecule has 158 valence electrons. The van der Waals surface area contributed by atoms with Crippen LogP contribution in [0.3, 0.4) is 0 Å². The lowest BCUT2D eigenvalue weighted by Crippen LogP contribution is -2.18. The Morgan fingerprint density at radius 2 is 1.29 bits per heavy atom. The zero-order valence-corrected chi connectivity index (χ0v) is 17.8. The summed E-state index contributed by atoms with van der Waals surface area (Å²) in [6, 6.07) is 3.33. The number of halogens is 2. The summed E-state index contributed by atoms with van der Waals surface area (Å²) in [7, 11) is 0. The second kappa shape index (κ2) is 10.6. The molecule has 0 aromatic heterocycles. The summed E-state index contributed by atoms with van der Waals surface area (Å²) in [5.74, 6) is 1.38. The standard InChI is InChI=1S/C25H38F2O/c1-3-5-18-6-8-19(9-7-18)10-11-20-12-14-21(15-13-20)22-16-17-23(28-4-2)25(27)24(22)26/h16-21H,3-15H2,1-2H3/t18-,19-,20-,21-. The van der Waals surface area contributed by atoms with Crippen LogP contribution in [-0.4, -0.2) is 6.61 Å². The summed E-state index contributed by atoms with van der Waals surface area (Å²) in [6.07, 6.45) is 15.5. The fourth-order valence-electron chi connectivity index (χ4n) is 5.58. The van der Waals surface area contributed by atoms with E-state index in [1.54, 1.807) is 19.1 Å². The maximum absolute atomic E-state index is 14.5. The first kappa shape index (κ1) is 21.6. The van der Waals surface area contributed by atoms with Crippen LogP contribution in [0.4, 0.5) is 8.78 Å². The van der Waals surface area contributed by atoms with Crippen LogP contribution in [0.15, 0.2) is 12.1 Å². The van der Waals surface area contributed by atoms with E-state index < -0.39 is 11.6 Å². The SMILES string of the molecule is CCC[C@H]1CC[C@H](CC[C@H]2CC[C@H](c3ccc(OCC)c(F)c3F)CC2)CC1. The predicted molar refractivity (Wildman–Crippen MR) is 112 cm³/mol. The van der Waals surface area contributed by atoms with Crippen LogP contribution in [0.25, 0.3) is 0 Å². The molecule has 2 fully saturated rings. The van der Waals surface area contributed by atoms with Crippen molar-refractivity contribution in [2.45, 2.75) is 96.8 Å². The quantitative estimate of drug-likeness (QED) is 0.435. The minimum atomic E-state index is -0.819. The van der Waals surface area contributed by atoms with Gasteiger partial charge in [-0.3, -0.25) is 0 Å². The lowest BCUT2D eigenvalue weighted by atomic mass is 9.74. The van der Waals surface area contributed by atoms with Gasteiger partial charge in [0.15, 0.2) is 11.6 Å². The molecule has 0 spiro atoms. The molecule has 0 saturated heterocycles. The molecule has 3 heteroatoms.